The second kappa shape index (κ2) is 6.60. The van der Waals surface area contributed by atoms with Gasteiger partial charge in [-0.05, 0) is 12.1 Å². The van der Waals surface area contributed by atoms with E-state index in [2.05, 4.69) is 9.84 Å². The van der Waals surface area contributed by atoms with Crippen LogP contribution in [0.15, 0.2) is 30.5 Å². The van der Waals surface area contributed by atoms with E-state index in [1.165, 1.54) is 31.5 Å². The van der Waals surface area contributed by atoms with Crippen LogP contribution >= 0.6 is 0 Å². The van der Waals surface area contributed by atoms with Crippen molar-refractivity contribution < 1.29 is 28.6 Å². The summed E-state index contributed by atoms with van der Waals surface area (Å²) in [6.45, 7) is -1.14. The number of alkyl halides is 1. The Morgan fingerprint density at radius 3 is 2.81 bits per heavy atom. The van der Waals surface area contributed by atoms with Gasteiger partial charge >= 0.3 is 5.97 Å². The van der Waals surface area contributed by atoms with E-state index in [0.717, 1.165) is 0 Å². The lowest BCUT2D eigenvalue weighted by Gasteiger charge is -2.13. The summed E-state index contributed by atoms with van der Waals surface area (Å²) in [5.41, 5.74) is 0.529. The summed E-state index contributed by atoms with van der Waals surface area (Å²) in [4.78, 5) is 12.3. The van der Waals surface area contributed by atoms with Crippen molar-refractivity contribution >= 4 is 5.97 Å². The van der Waals surface area contributed by atoms with E-state index < -0.39 is 12.8 Å². The van der Waals surface area contributed by atoms with Crippen molar-refractivity contribution in [3.05, 3.63) is 41.6 Å². The standard InChI is InChI=1S/C13H13FN2O5/c1-19-13(17)9-3-2-4-11(21-8-14)10(9)7-20-12-5-6-16(18)15-12/h2-6,18H,7-8H2,1H3. The van der Waals surface area contributed by atoms with Crippen LogP contribution in [0.1, 0.15) is 15.9 Å². The van der Waals surface area contributed by atoms with Crippen LogP contribution in [0, 0.1) is 0 Å². The van der Waals surface area contributed by atoms with Gasteiger partial charge in [-0.15, -0.1) is 4.85 Å². The predicted octanol–water partition coefficient (Wildman–Crippen LogP) is 1.79. The highest BCUT2D eigenvalue weighted by Crippen LogP contribution is 2.25. The molecule has 0 aliphatic carbocycles. The minimum atomic E-state index is -1.04. The molecule has 0 aliphatic rings. The van der Waals surface area contributed by atoms with Crippen molar-refractivity contribution in [2.24, 2.45) is 0 Å². The Morgan fingerprint density at radius 2 is 2.19 bits per heavy atom. The molecule has 0 spiro atoms. The smallest absolute Gasteiger partial charge is 0.338 e. The molecule has 1 aromatic heterocycles. The fraction of sp³-hybridized carbons (Fsp3) is 0.231. The molecule has 1 aromatic carbocycles. The summed E-state index contributed by atoms with van der Waals surface area (Å²) in [5, 5.41) is 12.7. The minimum absolute atomic E-state index is 0.0996. The third-order valence-electron chi connectivity index (χ3n) is 2.66. The number of carbonyl (C=O) groups is 1. The molecule has 2 aromatic rings. The normalized spacial score (nSPS) is 10.2. The zero-order valence-electron chi connectivity index (χ0n) is 11.2. The Morgan fingerprint density at radius 1 is 1.38 bits per heavy atom. The molecular weight excluding hydrogens is 283 g/mol. The fourth-order valence-corrected chi connectivity index (χ4v) is 1.73. The number of hydrogen-bond donors (Lipinski definition) is 1. The minimum Gasteiger partial charge on any atom is -0.471 e. The first-order valence-corrected chi connectivity index (χ1v) is 5.92. The van der Waals surface area contributed by atoms with Crippen LogP contribution in [-0.2, 0) is 11.3 Å². The maximum Gasteiger partial charge on any atom is 0.338 e. The zero-order chi connectivity index (χ0) is 15.2. The summed E-state index contributed by atoms with van der Waals surface area (Å²) >= 11 is 0. The number of aromatic nitrogens is 2. The predicted molar refractivity (Wildman–Crippen MR) is 68.1 cm³/mol. The van der Waals surface area contributed by atoms with E-state index in [9.17, 15) is 9.18 Å². The van der Waals surface area contributed by atoms with Crippen LogP contribution in [0.2, 0.25) is 0 Å². The van der Waals surface area contributed by atoms with Crippen molar-refractivity contribution in [3.8, 4) is 11.6 Å². The Kier molecular flexibility index (Phi) is 4.60. The maximum atomic E-state index is 12.4. The SMILES string of the molecule is COC(=O)c1cccc(OCF)c1COc1ccn(O)n1. The van der Waals surface area contributed by atoms with Gasteiger partial charge in [-0.1, -0.05) is 11.2 Å². The first-order chi connectivity index (χ1) is 10.2. The van der Waals surface area contributed by atoms with Gasteiger partial charge in [0.1, 0.15) is 12.4 Å². The van der Waals surface area contributed by atoms with E-state index in [1.807, 2.05) is 0 Å². The molecule has 0 unspecified atom stereocenters. The van der Waals surface area contributed by atoms with Gasteiger partial charge in [0, 0.05) is 11.6 Å². The van der Waals surface area contributed by atoms with Crippen molar-refractivity contribution in [2.75, 3.05) is 14.0 Å². The average molecular weight is 296 g/mol. The molecular formula is C13H13FN2O5. The topological polar surface area (TPSA) is 82.8 Å². The van der Waals surface area contributed by atoms with Crippen LogP contribution < -0.4 is 9.47 Å². The number of benzene rings is 1. The van der Waals surface area contributed by atoms with E-state index in [1.54, 1.807) is 6.07 Å². The van der Waals surface area contributed by atoms with Gasteiger partial charge in [-0.25, -0.2) is 9.18 Å². The summed E-state index contributed by atoms with van der Waals surface area (Å²) in [7, 11) is 1.24. The first kappa shape index (κ1) is 14.6. The lowest BCUT2D eigenvalue weighted by molar-refractivity contribution is 0.0596. The summed E-state index contributed by atoms with van der Waals surface area (Å²) in [6.07, 6.45) is 1.28. The second-order valence-electron chi connectivity index (χ2n) is 3.89. The van der Waals surface area contributed by atoms with Gasteiger partial charge < -0.3 is 19.4 Å². The van der Waals surface area contributed by atoms with Crippen molar-refractivity contribution in [3.63, 3.8) is 0 Å². The maximum absolute atomic E-state index is 12.4. The number of nitrogens with zero attached hydrogens (tertiary/aromatic N) is 2. The number of halogens is 1. The summed E-state index contributed by atoms with van der Waals surface area (Å²) < 4.78 is 27.2. The largest absolute Gasteiger partial charge is 0.471 e. The first-order valence-electron chi connectivity index (χ1n) is 5.92. The lowest BCUT2D eigenvalue weighted by Crippen LogP contribution is -2.10. The molecule has 0 radical (unpaired) electrons. The van der Waals surface area contributed by atoms with Gasteiger partial charge in [0.25, 0.3) is 0 Å². The van der Waals surface area contributed by atoms with Gasteiger partial charge in [0.15, 0.2) is 0 Å². The monoisotopic (exact) mass is 296 g/mol. The highest BCUT2D eigenvalue weighted by atomic mass is 19.1. The quantitative estimate of drug-likeness (QED) is 0.646. The number of methoxy groups -OCH3 is 1. The Labute approximate surface area is 119 Å². The number of ether oxygens (including phenoxy) is 3. The van der Waals surface area contributed by atoms with E-state index >= 15 is 0 Å². The number of rotatable bonds is 6. The highest BCUT2D eigenvalue weighted by Gasteiger charge is 2.17. The van der Waals surface area contributed by atoms with Crippen molar-refractivity contribution in [1.29, 1.82) is 0 Å². The highest BCUT2D eigenvalue weighted by molar-refractivity contribution is 5.91. The number of hydrogen-bond acceptors (Lipinski definition) is 6. The molecule has 0 aliphatic heterocycles. The van der Waals surface area contributed by atoms with Gasteiger partial charge in [0.2, 0.25) is 12.7 Å². The van der Waals surface area contributed by atoms with E-state index in [-0.39, 0.29) is 23.8 Å². The molecule has 0 atom stereocenters. The molecule has 0 saturated carbocycles. The molecule has 21 heavy (non-hydrogen) atoms. The van der Waals surface area contributed by atoms with Gasteiger partial charge in [-0.2, -0.15) is 0 Å². The molecule has 1 heterocycles. The molecule has 8 heteroatoms. The summed E-state index contributed by atoms with van der Waals surface area (Å²) in [5.74, 6) is -0.280. The third-order valence-corrected chi connectivity index (χ3v) is 2.66. The molecule has 0 fully saturated rings. The molecule has 112 valence electrons. The lowest BCUT2D eigenvalue weighted by atomic mass is 10.1. The molecule has 0 saturated heterocycles. The fourth-order valence-electron chi connectivity index (χ4n) is 1.73. The Bertz CT molecular complexity index is 629. The van der Waals surface area contributed by atoms with E-state index in [0.29, 0.717) is 10.4 Å². The van der Waals surface area contributed by atoms with Crippen molar-refractivity contribution in [2.45, 2.75) is 6.61 Å². The van der Waals surface area contributed by atoms with Crippen LogP contribution in [0.25, 0.3) is 0 Å². The molecule has 7 nitrogen and oxygen atoms in total. The second-order valence-corrected chi connectivity index (χ2v) is 3.89. The number of esters is 1. The Balaban J connectivity index is 2.27. The summed E-state index contributed by atoms with van der Waals surface area (Å²) in [6, 6.07) is 6.00. The van der Waals surface area contributed by atoms with Crippen molar-refractivity contribution in [1.82, 2.24) is 9.94 Å². The van der Waals surface area contributed by atoms with Gasteiger partial charge in [0.05, 0.1) is 18.9 Å². The van der Waals surface area contributed by atoms with Crippen LogP contribution in [-0.4, -0.2) is 35.1 Å². The molecule has 0 amide bonds. The zero-order valence-corrected chi connectivity index (χ0v) is 11.2. The average Bonchev–Trinajstić information content (AvgIpc) is 2.91. The van der Waals surface area contributed by atoms with Crippen LogP contribution in [0.5, 0.6) is 11.6 Å². The van der Waals surface area contributed by atoms with E-state index in [4.69, 9.17) is 14.7 Å². The van der Waals surface area contributed by atoms with Gasteiger partial charge in [-0.3, -0.25) is 0 Å². The molecule has 0 bridgehead atoms. The Hall–Kier alpha value is -2.77. The van der Waals surface area contributed by atoms with Crippen LogP contribution in [0.4, 0.5) is 4.39 Å². The number of carbonyl (C=O) groups excluding carboxylic acids is 1. The van der Waals surface area contributed by atoms with Crippen LogP contribution in [0.3, 0.4) is 0 Å². The molecule has 1 N–H and O–H groups in total. The molecule has 2 rings (SSSR count). The third kappa shape index (κ3) is 3.41.